The predicted molar refractivity (Wildman–Crippen MR) is 66.7 cm³/mol. The maximum absolute atomic E-state index is 11.8. The van der Waals surface area contributed by atoms with Gasteiger partial charge in [-0.15, -0.1) is 0 Å². The summed E-state index contributed by atoms with van der Waals surface area (Å²) in [6.07, 6.45) is 1.29. The van der Waals surface area contributed by atoms with Crippen molar-refractivity contribution in [3.63, 3.8) is 0 Å². The zero-order valence-corrected chi connectivity index (χ0v) is 11.0. The lowest BCUT2D eigenvalue weighted by atomic mass is 10.2. The SMILES string of the molecule is CC(CC#N)NC(=O)c1cccc(S(C)(=O)=O)c1. The maximum atomic E-state index is 11.8. The molecular weight excluding hydrogens is 252 g/mol. The molecule has 0 spiro atoms. The standard InChI is InChI=1S/C12H14N2O3S/c1-9(6-7-13)14-12(15)10-4-3-5-11(8-10)18(2,16)17/h3-5,8-9H,6H2,1-2H3,(H,14,15). The molecule has 1 atom stereocenters. The molecule has 1 amide bonds. The lowest BCUT2D eigenvalue weighted by Crippen LogP contribution is -2.32. The number of sulfone groups is 1. The van der Waals surface area contributed by atoms with Gasteiger partial charge in [0, 0.05) is 17.9 Å². The van der Waals surface area contributed by atoms with Gasteiger partial charge >= 0.3 is 0 Å². The molecule has 96 valence electrons. The molecule has 0 radical (unpaired) electrons. The molecule has 0 fully saturated rings. The van der Waals surface area contributed by atoms with Crippen LogP contribution in [-0.2, 0) is 9.84 Å². The average Bonchev–Trinajstić information content (AvgIpc) is 2.28. The normalized spacial score (nSPS) is 12.5. The van der Waals surface area contributed by atoms with Crippen molar-refractivity contribution in [3.05, 3.63) is 29.8 Å². The lowest BCUT2D eigenvalue weighted by molar-refractivity contribution is 0.0940. The number of rotatable bonds is 4. The van der Waals surface area contributed by atoms with Crippen LogP contribution in [0.1, 0.15) is 23.7 Å². The van der Waals surface area contributed by atoms with Crippen molar-refractivity contribution in [2.24, 2.45) is 0 Å². The van der Waals surface area contributed by atoms with Crippen LogP contribution >= 0.6 is 0 Å². The smallest absolute Gasteiger partial charge is 0.251 e. The summed E-state index contributed by atoms with van der Waals surface area (Å²) in [5.74, 6) is -0.386. The van der Waals surface area contributed by atoms with E-state index >= 15 is 0 Å². The van der Waals surface area contributed by atoms with Gasteiger partial charge < -0.3 is 5.32 Å². The molecule has 0 aliphatic heterocycles. The van der Waals surface area contributed by atoms with Crippen molar-refractivity contribution in [1.82, 2.24) is 5.32 Å². The van der Waals surface area contributed by atoms with Crippen molar-refractivity contribution in [3.8, 4) is 6.07 Å². The van der Waals surface area contributed by atoms with Crippen molar-refractivity contribution < 1.29 is 13.2 Å². The predicted octanol–water partition coefficient (Wildman–Crippen LogP) is 1.12. The molecule has 0 aliphatic rings. The Morgan fingerprint density at radius 3 is 2.72 bits per heavy atom. The number of hydrogen-bond donors (Lipinski definition) is 1. The Labute approximate surface area is 106 Å². The number of benzene rings is 1. The highest BCUT2D eigenvalue weighted by molar-refractivity contribution is 7.90. The van der Waals surface area contributed by atoms with Crippen LogP contribution < -0.4 is 5.32 Å². The van der Waals surface area contributed by atoms with Crippen molar-refractivity contribution in [1.29, 1.82) is 5.26 Å². The van der Waals surface area contributed by atoms with Gasteiger partial charge in [0.25, 0.3) is 5.91 Å². The first-order chi connectivity index (χ1) is 8.34. The minimum atomic E-state index is -3.33. The number of carbonyl (C=O) groups is 1. The Bertz CT molecular complexity index is 588. The zero-order chi connectivity index (χ0) is 13.8. The fraction of sp³-hybridized carbons (Fsp3) is 0.333. The van der Waals surface area contributed by atoms with Crippen LogP contribution in [0.25, 0.3) is 0 Å². The number of nitrogens with zero attached hydrogens (tertiary/aromatic N) is 1. The molecule has 0 aliphatic carbocycles. The Morgan fingerprint density at radius 1 is 1.50 bits per heavy atom. The average molecular weight is 266 g/mol. The van der Waals surface area contributed by atoms with Gasteiger partial charge in [0.2, 0.25) is 0 Å². The van der Waals surface area contributed by atoms with Gasteiger partial charge in [0.1, 0.15) is 0 Å². The van der Waals surface area contributed by atoms with E-state index in [2.05, 4.69) is 5.32 Å². The molecule has 18 heavy (non-hydrogen) atoms. The number of hydrogen-bond acceptors (Lipinski definition) is 4. The van der Waals surface area contributed by atoms with Crippen LogP contribution in [0.5, 0.6) is 0 Å². The third kappa shape index (κ3) is 3.86. The van der Waals surface area contributed by atoms with Crippen LogP contribution in [0.4, 0.5) is 0 Å². The topological polar surface area (TPSA) is 87.0 Å². The molecule has 0 bridgehead atoms. The minimum absolute atomic E-state index is 0.100. The largest absolute Gasteiger partial charge is 0.349 e. The van der Waals surface area contributed by atoms with Gasteiger partial charge in [0.15, 0.2) is 9.84 Å². The van der Waals surface area contributed by atoms with E-state index in [1.807, 2.05) is 6.07 Å². The molecule has 0 saturated carbocycles. The molecule has 1 rings (SSSR count). The summed E-state index contributed by atoms with van der Waals surface area (Å²) in [5, 5.41) is 11.1. The number of carbonyl (C=O) groups excluding carboxylic acids is 1. The molecule has 6 heteroatoms. The number of nitriles is 1. The molecule has 1 aromatic rings. The molecule has 5 nitrogen and oxygen atoms in total. The number of nitrogens with one attached hydrogen (secondary N) is 1. The quantitative estimate of drug-likeness (QED) is 0.884. The van der Waals surface area contributed by atoms with E-state index in [-0.39, 0.29) is 28.8 Å². The molecule has 1 aromatic carbocycles. The second-order valence-corrected chi connectivity index (χ2v) is 6.05. The van der Waals surface area contributed by atoms with E-state index in [0.717, 1.165) is 6.26 Å². The first kappa shape index (κ1) is 14.2. The molecular formula is C12H14N2O3S. The summed E-state index contributed by atoms with van der Waals surface area (Å²) in [6, 6.07) is 7.48. The Kier molecular flexibility index (Phi) is 4.45. The first-order valence-corrected chi connectivity index (χ1v) is 7.21. The van der Waals surface area contributed by atoms with Gasteiger partial charge in [-0.3, -0.25) is 4.79 Å². The van der Waals surface area contributed by atoms with E-state index in [1.54, 1.807) is 6.92 Å². The van der Waals surface area contributed by atoms with Crippen molar-refractivity contribution in [2.75, 3.05) is 6.26 Å². The van der Waals surface area contributed by atoms with E-state index in [1.165, 1.54) is 24.3 Å². The molecule has 1 unspecified atom stereocenters. The van der Waals surface area contributed by atoms with E-state index < -0.39 is 9.84 Å². The fourth-order valence-electron chi connectivity index (χ4n) is 1.36. The van der Waals surface area contributed by atoms with Gasteiger partial charge in [0.05, 0.1) is 17.4 Å². The number of amides is 1. The Morgan fingerprint density at radius 2 is 2.17 bits per heavy atom. The minimum Gasteiger partial charge on any atom is -0.349 e. The van der Waals surface area contributed by atoms with Crippen LogP contribution in [0.2, 0.25) is 0 Å². The fourth-order valence-corrected chi connectivity index (χ4v) is 2.03. The van der Waals surface area contributed by atoms with Gasteiger partial charge in [-0.05, 0) is 25.1 Å². The third-order valence-corrected chi connectivity index (χ3v) is 3.41. The van der Waals surface area contributed by atoms with Gasteiger partial charge in [-0.25, -0.2) is 8.42 Å². The molecule has 0 heterocycles. The van der Waals surface area contributed by atoms with E-state index in [0.29, 0.717) is 0 Å². The summed E-state index contributed by atoms with van der Waals surface area (Å²) in [4.78, 5) is 11.9. The van der Waals surface area contributed by atoms with Crippen molar-refractivity contribution in [2.45, 2.75) is 24.3 Å². The summed E-state index contributed by atoms with van der Waals surface area (Å²) in [5.41, 5.74) is 0.266. The monoisotopic (exact) mass is 266 g/mol. The second-order valence-electron chi connectivity index (χ2n) is 4.04. The lowest BCUT2D eigenvalue weighted by Gasteiger charge is -2.10. The highest BCUT2D eigenvalue weighted by Gasteiger charge is 2.13. The Hall–Kier alpha value is -1.87. The van der Waals surface area contributed by atoms with Crippen LogP contribution in [0, 0.1) is 11.3 Å². The van der Waals surface area contributed by atoms with Crippen LogP contribution in [0.15, 0.2) is 29.2 Å². The van der Waals surface area contributed by atoms with Gasteiger partial charge in [-0.1, -0.05) is 6.07 Å². The highest BCUT2D eigenvalue weighted by Crippen LogP contribution is 2.11. The van der Waals surface area contributed by atoms with Crippen LogP contribution in [0.3, 0.4) is 0 Å². The molecule has 1 N–H and O–H groups in total. The summed E-state index contributed by atoms with van der Waals surface area (Å²) in [7, 11) is -3.33. The Balaban J connectivity index is 2.92. The van der Waals surface area contributed by atoms with E-state index in [9.17, 15) is 13.2 Å². The summed E-state index contributed by atoms with van der Waals surface area (Å²) in [6.45, 7) is 1.71. The first-order valence-electron chi connectivity index (χ1n) is 5.32. The van der Waals surface area contributed by atoms with E-state index in [4.69, 9.17) is 5.26 Å². The zero-order valence-electron chi connectivity index (χ0n) is 10.2. The van der Waals surface area contributed by atoms with Crippen LogP contribution in [-0.4, -0.2) is 26.6 Å². The summed E-state index contributed by atoms with van der Waals surface area (Å²) >= 11 is 0. The van der Waals surface area contributed by atoms with Gasteiger partial charge in [-0.2, -0.15) is 5.26 Å². The highest BCUT2D eigenvalue weighted by atomic mass is 32.2. The summed E-state index contributed by atoms with van der Waals surface area (Å²) < 4.78 is 22.7. The molecule has 0 aromatic heterocycles. The third-order valence-electron chi connectivity index (χ3n) is 2.30. The second kappa shape index (κ2) is 5.65. The molecule has 0 saturated heterocycles. The maximum Gasteiger partial charge on any atom is 0.251 e. The van der Waals surface area contributed by atoms with Crippen molar-refractivity contribution >= 4 is 15.7 Å².